The fourth-order valence-corrected chi connectivity index (χ4v) is 3.87. The third-order valence-electron chi connectivity index (χ3n) is 4.46. The second-order valence-corrected chi connectivity index (χ2v) is 8.01. The molecule has 4 aromatic rings. The Morgan fingerprint density at radius 1 is 1.09 bits per heavy atom. The number of amides is 1. The molecule has 1 amide bonds. The average molecular weight is 467 g/mol. The van der Waals surface area contributed by atoms with E-state index < -0.39 is 11.7 Å². The number of hydrogen-bond acceptors (Lipinski definition) is 5. The van der Waals surface area contributed by atoms with Crippen molar-refractivity contribution in [2.75, 3.05) is 5.75 Å². The average Bonchev–Trinajstić information content (AvgIpc) is 2.80. The minimum atomic E-state index is -0.438. The van der Waals surface area contributed by atoms with Gasteiger partial charge in [0.05, 0.1) is 28.6 Å². The summed E-state index contributed by atoms with van der Waals surface area (Å²) in [6.45, 7) is 0. The number of benzene rings is 3. The van der Waals surface area contributed by atoms with Gasteiger partial charge in [0.15, 0.2) is 5.16 Å². The van der Waals surface area contributed by atoms with Crippen LogP contribution in [0.1, 0.15) is 5.56 Å². The number of halogens is 2. The van der Waals surface area contributed by atoms with Gasteiger partial charge in [-0.1, -0.05) is 53.7 Å². The van der Waals surface area contributed by atoms with Crippen molar-refractivity contribution in [2.24, 2.45) is 5.10 Å². The zero-order valence-electron chi connectivity index (χ0n) is 16.5. The van der Waals surface area contributed by atoms with E-state index in [9.17, 15) is 14.0 Å². The molecule has 0 fully saturated rings. The molecule has 0 radical (unpaired) electrons. The van der Waals surface area contributed by atoms with Crippen molar-refractivity contribution in [2.45, 2.75) is 5.16 Å². The SMILES string of the molecule is O=C(CSc1nc2ccccc2c(=O)n1-c1ccc(Cl)cc1)NN=Cc1ccccc1F. The van der Waals surface area contributed by atoms with Crippen LogP contribution in [-0.4, -0.2) is 27.4 Å². The number of rotatable bonds is 6. The molecule has 1 N–H and O–H groups in total. The monoisotopic (exact) mass is 466 g/mol. The summed E-state index contributed by atoms with van der Waals surface area (Å²) < 4.78 is 15.1. The van der Waals surface area contributed by atoms with Gasteiger partial charge < -0.3 is 0 Å². The van der Waals surface area contributed by atoms with Gasteiger partial charge in [0.1, 0.15) is 5.82 Å². The molecule has 0 saturated carbocycles. The van der Waals surface area contributed by atoms with E-state index >= 15 is 0 Å². The summed E-state index contributed by atoms with van der Waals surface area (Å²) in [7, 11) is 0. The lowest BCUT2D eigenvalue weighted by Crippen LogP contribution is -2.24. The first-order chi connectivity index (χ1) is 15.5. The fourth-order valence-electron chi connectivity index (χ4n) is 2.94. The van der Waals surface area contributed by atoms with Gasteiger partial charge >= 0.3 is 0 Å². The van der Waals surface area contributed by atoms with E-state index in [1.54, 1.807) is 66.7 Å². The maximum atomic E-state index is 13.6. The van der Waals surface area contributed by atoms with E-state index in [1.807, 2.05) is 0 Å². The van der Waals surface area contributed by atoms with E-state index in [0.29, 0.717) is 26.8 Å². The standard InChI is InChI=1S/C23H16ClFN4O2S/c24-16-9-11-17(12-10-16)29-22(31)18-6-2-4-8-20(18)27-23(29)32-14-21(30)28-26-13-15-5-1-3-7-19(15)25/h1-13H,14H2,(H,28,30). The molecule has 9 heteroatoms. The van der Waals surface area contributed by atoms with Crippen LogP contribution >= 0.6 is 23.4 Å². The molecule has 4 rings (SSSR count). The topological polar surface area (TPSA) is 76.3 Å². The summed E-state index contributed by atoms with van der Waals surface area (Å²) in [5.41, 5.74) is 3.48. The summed E-state index contributed by atoms with van der Waals surface area (Å²) in [5, 5.41) is 5.14. The third-order valence-corrected chi connectivity index (χ3v) is 5.65. The van der Waals surface area contributed by atoms with Crippen molar-refractivity contribution < 1.29 is 9.18 Å². The third kappa shape index (κ3) is 4.87. The number of aromatic nitrogens is 2. The summed E-state index contributed by atoms with van der Waals surface area (Å²) in [6.07, 6.45) is 1.23. The van der Waals surface area contributed by atoms with Crippen molar-refractivity contribution in [3.63, 3.8) is 0 Å². The van der Waals surface area contributed by atoms with Crippen LogP contribution in [0.4, 0.5) is 4.39 Å². The number of nitrogens with zero attached hydrogens (tertiary/aromatic N) is 3. The predicted molar refractivity (Wildman–Crippen MR) is 125 cm³/mol. The van der Waals surface area contributed by atoms with Crippen LogP contribution in [0.25, 0.3) is 16.6 Å². The quantitative estimate of drug-likeness (QED) is 0.197. The molecule has 160 valence electrons. The van der Waals surface area contributed by atoms with Gasteiger partial charge in [0.2, 0.25) is 0 Å². The van der Waals surface area contributed by atoms with Gasteiger partial charge in [0.25, 0.3) is 11.5 Å². The Morgan fingerprint density at radius 2 is 1.81 bits per heavy atom. The Balaban J connectivity index is 1.57. The molecule has 0 spiro atoms. The first kappa shape index (κ1) is 21.7. The van der Waals surface area contributed by atoms with Crippen molar-refractivity contribution in [3.05, 3.63) is 99.6 Å². The second-order valence-electron chi connectivity index (χ2n) is 6.63. The Bertz CT molecular complexity index is 1370. The lowest BCUT2D eigenvalue weighted by molar-refractivity contribution is -0.118. The Hall–Kier alpha value is -3.49. The number of hydrazone groups is 1. The van der Waals surface area contributed by atoms with Crippen LogP contribution in [0.3, 0.4) is 0 Å². The van der Waals surface area contributed by atoms with Gasteiger partial charge in [-0.2, -0.15) is 5.10 Å². The first-order valence-electron chi connectivity index (χ1n) is 9.50. The fraction of sp³-hybridized carbons (Fsp3) is 0.0435. The molecular weight excluding hydrogens is 451 g/mol. The maximum Gasteiger partial charge on any atom is 0.266 e. The van der Waals surface area contributed by atoms with Crippen molar-refractivity contribution >= 4 is 46.4 Å². The van der Waals surface area contributed by atoms with Gasteiger partial charge in [-0.3, -0.25) is 14.2 Å². The Labute approximate surface area is 191 Å². The highest BCUT2D eigenvalue weighted by Crippen LogP contribution is 2.22. The molecule has 0 bridgehead atoms. The van der Waals surface area contributed by atoms with Crippen molar-refractivity contribution in [3.8, 4) is 5.69 Å². The molecule has 32 heavy (non-hydrogen) atoms. The van der Waals surface area contributed by atoms with Crippen LogP contribution in [0.2, 0.25) is 5.02 Å². The number of hydrogen-bond donors (Lipinski definition) is 1. The van der Waals surface area contributed by atoms with Crippen LogP contribution in [0, 0.1) is 5.82 Å². The van der Waals surface area contributed by atoms with Crippen molar-refractivity contribution in [1.29, 1.82) is 0 Å². The van der Waals surface area contributed by atoms with Gasteiger partial charge in [-0.25, -0.2) is 14.8 Å². The molecule has 0 aliphatic heterocycles. The normalized spacial score (nSPS) is 11.2. The number of carbonyl (C=O) groups excluding carboxylic acids is 1. The zero-order valence-corrected chi connectivity index (χ0v) is 18.1. The highest BCUT2D eigenvalue weighted by molar-refractivity contribution is 7.99. The summed E-state index contributed by atoms with van der Waals surface area (Å²) in [4.78, 5) is 30.0. The molecule has 0 unspecified atom stereocenters. The van der Waals surface area contributed by atoms with E-state index in [1.165, 1.54) is 16.8 Å². The summed E-state index contributed by atoms with van der Waals surface area (Å²) in [5.74, 6) is -0.910. The number of carbonyl (C=O) groups is 1. The van der Waals surface area contributed by atoms with Gasteiger partial charge in [-0.05, 0) is 42.5 Å². The second kappa shape index (κ2) is 9.76. The molecule has 0 atom stereocenters. The molecule has 3 aromatic carbocycles. The predicted octanol–water partition coefficient (Wildman–Crippen LogP) is 4.42. The molecule has 0 saturated heterocycles. The highest BCUT2D eigenvalue weighted by Gasteiger charge is 2.14. The van der Waals surface area contributed by atoms with E-state index in [2.05, 4.69) is 15.5 Å². The minimum absolute atomic E-state index is 0.0486. The molecule has 6 nitrogen and oxygen atoms in total. The van der Waals surface area contributed by atoms with Crippen LogP contribution in [0.15, 0.2) is 87.8 Å². The minimum Gasteiger partial charge on any atom is -0.272 e. The lowest BCUT2D eigenvalue weighted by atomic mass is 10.2. The molecule has 1 heterocycles. The van der Waals surface area contributed by atoms with Gasteiger partial charge in [-0.15, -0.1) is 0 Å². The number of para-hydroxylation sites is 1. The van der Waals surface area contributed by atoms with E-state index in [0.717, 1.165) is 11.8 Å². The van der Waals surface area contributed by atoms with Gasteiger partial charge in [0, 0.05) is 10.6 Å². The first-order valence-corrected chi connectivity index (χ1v) is 10.9. The molecule has 0 aliphatic carbocycles. The summed E-state index contributed by atoms with van der Waals surface area (Å²) >= 11 is 7.07. The number of fused-ring (bicyclic) bond motifs is 1. The van der Waals surface area contributed by atoms with E-state index in [-0.39, 0.29) is 16.9 Å². The van der Waals surface area contributed by atoms with Crippen molar-refractivity contribution in [1.82, 2.24) is 15.0 Å². The summed E-state index contributed by atoms with van der Waals surface area (Å²) in [6, 6.07) is 19.9. The lowest BCUT2D eigenvalue weighted by Gasteiger charge is -2.13. The number of thioether (sulfide) groups is 1. The van der Waals surface area contributed by atoms with E-state index in [4.69, 9.17) is 11.6 Å². The Kier molecular flexibility index (Phi) is 6.63. The molecule has 1 aromatic heterocycles. The van der Waals surface area contributed by atoms with Crippen LogP contribution < -0.4 is 11.0 Å². The number of nitrogens with one attached hydrogen (secondary N) is 1. The molecule has 0 aliphatic rings. The largest absolute Gasteiger partial charge is 0.272 e. The zero-order chi connectivity index (χ0) is 22.5. The van der Waals surface area contributed by atoms with Crippen LogP contribution in [-0.2, 0) is 4.79 Å². The highest BCUT2D eigenvalue weighted by atomic mass is 35.5. The Morgan fingerprint density at radius 3 is 2.59 bits per heavy atom. The smallest absolute Gasteiger partial charge is 0.266 e. The van der Waals surface area contributed by atoms with Crippen LogP contribution in [0.5, 0.6) is 0 Å². The maximum absolute atomic E-state index is 13.6. The molecular formula is C23H16ClFN4O2S.